The number of aliphatic hydroxyl groups is 1. The quantitative estimate of drug-likeness (QED) is 0.920. The first-order chi connectivity index (χ1) is 9.71. The molecule has 0 fully saturated rings. The van der Waals surface area contributed by atoms with Crippen molar-refractivity contribution in [1.29, 1.82) is 0 Å². The molecule has 0 saturated heterocycles. The highest BCUT2D eigenvalue weighted by molar-refractivity contribution is 7.91. The van der Waals surface area contributed by atoms with E-state index in [4.69, 9.17) is 23.2 Å². The maximum atomic E-state index is 12.4. The van der Waals surface area contributed by atoms with Crippen LogP contribution in [0.15, 0.2) is 53.4 Å². The van der Waals surface area contributed by atoms with Gasteiger partial charge in [0, 0.05) is 10.0 Å². The van der Waals surface area contributed by atoms with Gasteiger partial charge in [0.1, 0.15) is 5.60 Å². The van der Waals surface area contributed by atoms with Crippen LogP contribution in [0.4, 0.5) is 0 Å². The highest BCUT2D eigenvalue weighted by Gasteiger charge is 2.31. The van der Waals surface area contributed by atoms with Crippen LogP contribution < -0.4 is 0 Å². The van der Waals surface area contributed by atoms with Crippen molar-refractivity contribution in [3.05, 3.63) is 64.1 Å². The minimum absolute atomic E-state index is 0.126. The lowest BCUT2D eigenvalue weighted by Crippen LogP contribution is -2.31. The molecule has 0 aliphatic rings. The molecular formula is C15H14Cl2O3S. The lowest BCUT2D eigenvalue weighted by molar-refractivity contribution is 0.0819. The van der Waals surface area contributed by atoms with E-state index < -0.39 is 21.2 Å². The second-order valence-electron chi connectivity index (χ2n) is 4.99. The van der Waals surface area contributed by atoms with Crippen molar-refractivity contribution in [1.82, 2.24) is 0 Å². The molecule has 0 aliphatic heterocycles. The molecule has 1 N–H and O–H groups in total. The first-order valence-corrected chi connectivity index (χ1v) is 8.58. The van der Waals surface area contributed by atoms with Gasteiger partial charge in [0.25, 0.3) is 0 Å². The fourth-order valence-electron chi connectivity index (χ4n) is 1.99. The Morgan fingerprint density at radius 3 is 1.86 bits per heavy atom. The summed E-state index contributed by atoms with van der Waals surface area (Å²) in [4.78, 5) is 0.126. The van der Waals surface area contributed by atoms with E-state index in [-0.39, 0.29) is 4.90 Å². The van der Waals surface area contributed by atoms with Crippen molar-refractivity contribution >= 4 is 33.0 Å². The molecular weight excluding hydrogens is 331 g/mol. The summed E-state index contributed by atoms with van der Waals surface area (Å²) in [6.07, 6.45) is 0. The van der Waals surface area contributed by atoms with E-state index >= 15 is 0 Å². The molecule has 1 atom stereocenters. The fourth-order valence-corrected chi connectivity index (χ4v) is 3.86. The van der Waals surface area contributed by atoms with Gasteiger partial charge in [-0.1, -0.05) is 35.3 Å². The fraction of sp³-hybridized carbons (Fsp3) is 0.200. The summed E-state index contributed by atoms with van der Waals surface area (Å²) in [5.41, 5.74) is -1.02. The average molecular weight is 345 g/mol. The maximum Gasteiger partial charge on any atom is 0.181 e. The zero-order chi connectivity index (χ0) is 15.7. The summed E-state index contributed by atoms with van der Waals surface area (Å²) < 4.78 is 24.7. The van der Waals surface area contributed by atoms with Gasteiger partial charge in [-0.15, -0.1) is 0 Å². The van der Waals surface area contributed by atoms with Crippen LogP contribution >= 0.6 is 23.2 Å². The van der Waals surface area contributed by atoms with Crippen LogP contribution in [0.25, 0.3) is 0 Å². The summed E-state index contributed by atoms with van der Waals surface area (Å²) in [6.45, 7) is 1.46. The Labute approximate surface area is 134 Å². The van der Waals surface area contributed by atoms with Crippen molar-refractivity contribution in [2.45, 2.75) is 17.4 Å². The van der Waals surface area contributed by atoms with E-state index in [1.165, 1.54) is 31.2 Å². The van der Waals surface area contributed by atoms with Crippen LogP contribution in [0.2, 0.25) is 10.0 Å². The smallest absolute Gasteiger partial charge is 0.181 e. The van der Waals surface area contributed by atoms with Gasteiger partial charge in [-0.25, -0.2) is 8.42 Å². The van der Waals surface area contributed by atoms with Crippen molar-refractivity contribution < 1.29 is 13.5 Å². The Kier molecular flexibility index (Phi) is 4.63. The number of hydrogen-bond donors (Lipinski definition) is 1. The van der Waals surface area contributed by atoms with E-state index in [1.54, 1.807) is 24.3 Å². The third kappa shape index (κ3) is 3.98. The third-order valence-corrected chi connectivity index (χ3v) is 5.55. The van der Waals surface area contributed by atoms with Gasteiger partial charge in [0.2, 0.25) is 0 Å². The Morgan fingerprint density at radius 2 is 1.38 bits per heavy atom. The number of halogens is 2. The van der Waals surface area contributed by atoms with Crippen molar-refractivity contribution in [2.75, 3.05) is 5.75 Å². The average Bonchev–Trinajstić information content (AvgIpc) is 2.38. The molecule has 0 bridgehead atoms. The Bertz CT molecular complexity index is 721. The SMILES string of the molecule is C[C@@](O)(CS(=O)(=O)c1ccc(Cl)cc1)c1ccc(Cl)cc1. The molecule has 0 spiro atoms. The zero-order valence-electron chi connectivity index (χ0n) is 11.3. The number of sulfone groups is 1. The van der Waals surface area contributed by atoms with Gasteiger partial charge < -0.3 is 5.11 Å². The molecule has 0 amide bonds. The monoisotopic (exact) mass is 344 g/mol. The minimum Gasteiger partial charge on any atom is -0.384 e. The molecule has 2 rings (SSSR count). The highest BCUT2D eigenvalue weighted by atomic mass is 35.5. The van der Waals surface area contributed by atoms with Crippen molar-refractivity contribution in [3.8, 4) is 0 Å². The molecule has 0 aromatic heterocycles. The van der Waals surface area contributed by atoms with Gasteiger partial charge in [0.15, 0.2) is 9.84 Å². The standard InChI is InChI=1S/C15H14Cl2O3S/c1-15(18,11-2-4-12(16)5-3-11)10-21(19,20)14-8-6-13(17)7-9-14/h2-9,18H,10H2,1H3/t15-/m1/s1. The van der Waals surface area contributed by atoms with E-state index in [9.17, 15) is 13.5 Å². The molecule has 0 heterocycles. The molecule has 0 radical (unpaired) electrons. The van der Waals surface area contributed by atoms with Gasteiger partial charge in [-0.05, 0) is 48.9 Å². The molecule has 0 saturated carbocycles. The third-order valence-electron chi connectivity index (χ3n) is 3.11. The number of hydrogen-bond acceptors (Lipinski definition) is 3. The first kappa shape index (κ1) is 16.3. The molecule has 0 unspecified atom stereocenters. The summed E-state index contributed by atoms with van der Waals surface area (Å²) in [7, 11) is -3.63. The summed E-state index contributed by atoms with van der Waals surface area (Å²) >= 11 is 11.5. The lowest BCUT2D eigenvalue weighted by atomic mass is 9.98. The van der Waals surface area contributed by atoms with Crippen LogP contribution in [0.1, 0.15) is 12.5 Å². The van der Waals surface area contributed by atoms with Crippen LogP contribution in [0, 0.1) is 0 Å². The molecule has 2 aromatic rings. The Hall–Kier alpha value is -1.07. The normalized spacial score (nSPS) is 14.7. The van der Waals surface area contributed by atoms with Gasteiger partial charge >= 0.3 is 0 Å². The minimum atomic E-state index is -3.63. The molecule has 6 heteroatoms. The predicted molar refractivity (Wildman–Crippen MR) is 84.5 cm³/mol. The highest BCUT2D eigenvalue weighted by Crippen LogP contribution is 2.27. The van der Waals surface area contributed by atoms with E-state index in [2.05, 4.69) is 0 Å². The topological polar surface area (TPSA) is 54.4 Å². The Balaban J connectivity index is 2.30. The number of rotatable bonds is 4. The predicted octanol–water partition coefficient (Wildman–Crippen LogP) is 3.67. The molecule has 21 heavy (non-hydrogen) atoms. The summed E-state index contributed by atoms with van der Waals surface area (Å²) in [6, 6.07) is 12.3. The van der Waals surface area contributed by atoms with E-state index in [1.807, 2.05) is 0 Å². The van der Waals surface area contributed by atoms with Crippen molar-refractivity contribution in [3.63, 3.8) is 0 Å². The molecule has 2 aromatic carbocycles. The molecule has 112 valence electrons. The summed E-state index contributed by atoms with van der Waals surface area (Å²) in [5, 5.41) is 11.5. The first-order valence-electron chi connectivity index (χ1n) is 6.17. The Morgan fingerprint density at radius 1 is 0.952 bits per heavy atom. The van der Waals surface area contributed by atoms with Crippen LogP contribution in [-0.4, -0.2) is 19.3 Å². The van der Waals surface area contributed by atoms with Crippen molar-refractivity contribution in [2.24, 2.45) is 0 Å². The second kappa shape index (κ2) is 5.97. The molecule has 3 nitrogen and oxygen atoms in total. The van der Waals surface area contributed by atoms with Crippen LogP contribution in [0.3, 0.4) is 0 Å². The summed E-state index contributed by atoms with van der Waals surface area (Å²) in [5.74, 6) is -0.427. The van der Waals surface area contributed by atoms with E-state index in [0.29, 0.717) is 15.6 Å². The van der Waals surface area contributed by atoms with Crippen LogP contribution in [-0.2, 0) is 15.4 Å². The lowest BCUT2D eigenvalue weighted by Gasteiger charge is -2.23. The maximum absolute atomic E-state index is 12.4. The van der Waals surface area contributed by atoms with E-state index in [0.717, 1.165) is 0 Å². The van der Waals surface area contributed by atoms with Crippen LogP contribution in [0.5, 0.6) is 0 Å². The van der Waals surface area contributed by atoms with Gasteiger partial charge in [-0.2, -0.15) is 0 Å². The molecule has 0 aliphatic carbocycles. The number of benzene rings is 2. The second-order valence-corrected chi connectivity index (χ2v) is 7.86. The van der Waals surface area contributed by atoms with Gasteiger partial charge in [-0.3, -0.25) is 0 Å². The largest absolute Gasteiger partial charge is 0.384 e. The van der Waals surface area contributed by atoms with Gasteiger partial charge in [0.05, 0.1) is 10.6 Å². The zero-order valence-corrected chi connectivity index (χ0v) is 13.6.